The van der Waals surface area contributed by atoms with E-state index in [9.17, 15) is 0 Å². The number of hydrogen-bond acceptors (Lipinski definition) is 4. The molecule has 0 fully saturated rings. The van der Waals surface area contributed by atoms with Crippen LogP contribution >= 0.6 is 11.6 Å². The average molecular weight is 300 g/mol. The number of ether oxygens (including phenoxy) is 1. The molecule has 21 heavy (non-hydrogen) atoms. The van der Waals surface area contributed by atoms with Crippen molar-refractivity contribution in [2.75, 3.05) is 18.2 Å². The van der Waals surface area contributed by atoms with Crippen LogP contribution in [0.5, 0.6) is 5.75 Å². The molecule has 1 heterocycles. The Morgan fingerprint density at radius 1 is 1.19 bits per heavy atom. The highest BCUT2D eigenvalue weighted by Gasteiger charge is 2.07. The molecule has 3 N–H and O–H groups in total. The van der Waals surface area contributed by atoms with E-state index in [1.54, 1.807) is 19.4 Å². The van der Waals surface area contributed by atoms with E-state index < -0.39 is 0 Å². The van der Waals surface area contributed by atoms with Crippen LogP contribution in [0.25, 0.3) is 10.9 Å². The first-order valence-corrected chi connectivity index (χ1v) is 6.80. The number of fused-ring (bicyclic) bond motifs is 1. The lowest BCUT2D eigenvalue weighted by atomic mass is 10.1. The van der Waals surface area contributed by atoms with Gasteiger partial charge in [0.2, 0.25) is 0 Å². The van der Waals surface area contributed by atoms with E-state index in [0.717, 1.165) is 22.3 Å². The minimum atomic E-state index is 0.628. The minimum Gasteiger partial charge on any atom is -0.497 e. The molecule has 0 aliphatic heterocycles. The van der Waals surface area contributed by atoms with Gasteiger partial charge in [-0.15, -0.1) is 0 Å². The Morgan fingerprint density at radius 2 is 2.05 bits per heavy atom. The highest BCUT2D eigenvalue weighted by atomic mass is 35.5. The number of pyridine rings is 1. The molecule has 0 aliphatic rings. The molecular weight excluding hydrogens is 286 g/mol. The molecule has 0 unspecified atom stereocenters. The molecule has 0 amide bonds. The first kappa shape index (κ1) is 13.5. The van der Waals surface area contributed by atoms with Crippen LogP contribution < -0.4 is 15.8 Å². The van der Waals surface area contributed by atoms with E-state index in [1.807, 2.05) is 36.4 Å². The number of methoxy groups -OCH3 is 1. The van der Waals surface area contributed by atoms with Gasteiger partial charge in [-0.05, 0) is 30.3 Å². The first-order chi connectivity index (χ1) is 10.2. The summed E-state index contributed by atoms with van der Waals surface area (Å²) >= 11 is 6.20. The molecule has 106 valence electrons. The number of benzene rings is 2. The van der Waals surface area contributed by atoms with Crippen molar-refractivity contribution in [1.82, 2.24) is 4.98 Å². The van der Waals surface area contributed by atoms with Gasteiger partial charge < -0.3 is 15.8 Å². The number of nitrogen functional groups attached to an aromatic ring is 1. The summed E-state index contributed by atoms with van der Waals surface area (Å²) < 4.78 is 5.22. The summed E-state index contributed by atoms with van der Waals surface area (Å²) in [5, 5.41) is 4.89. The lowest BCUT2D eigenvalue weighted by molar-refractivity contribution is 0.415. The smallest absolute Gasteiger partial charge is 0.122 e. The summed E-state index contributed by atoms with van der Waals surface area (Å²) in [7, 11) is 1.61. The van der Waals surface area contributed by atoms with Gasteiger partial charge in [-0.3, -0.25) is 4.98 Å². The fourth-order valence-corrected chi connectivity index (χ4v) is 2.42. The maximum absolute atomic E-state index is 6.20. The molecule has 3 rings (SSSR count). The zero-order valence-electron chi connectivity index (χ0n) is 11.4. The van der Waals surface area contributed by atoms with E-state index in [2.05, 4.69) is 10.3 Å². The molecular formula is C16H14ClN3O. The topological polar surface area (TPSA) is 60.2 Å². The van der Waals surface area contributed by atoms with Crippen molar-refractivity contribution in [3.05, 3.63) is 53.7 Å². The predicted molar refractivity (Wildman–Crippen MR) is 87.4 cm³/mol. The fourth-order valence-electron chi connectivity index (χ4n) is 2.21. The number of nitrogens with two attached hydrogens (primary N) is 1. The van der Waals surface area contributed by atoms with Crippen LogP contribution in [0.3, 0.4) is 0 Å². The number of rotatable bonds is 3. The zero-order chi connectivity index (χ0) is 14.8. The lowest BCUT2D eigenvalue weighted by Gasteiger charge is -2.12. The van der Waals surface area contributed by atoms with Crippen molar-refractivity contribution in [1.29, 1.82) is 0 Å². The first-order valence-electron chi connectivity index (χ1n) is 6.42. The van der Waals surface area contributed by atoms with Gasteiger partial charge >= 0.3 is 0 Å². The summed E-state index contributed by atoms with van der Waals surface area (Å²) in [6.07, 6.45) is 1.74. The molecule has 0 aliphatic carbocycles. The number of aromatic nitrogens is 1. The van der Waals surface area contributed by atoms with Crippen LogP contribution in [-0.4, -0.2) is 12.1 Å². The normalized spacial score (nSPS) is 10.6. The summed E-state index contributed by atoms with van der Waals surface area (Å²) in [6, 6.07) is 13.0. The quantitative estimate of drug-likeness (QED) is 0.711. The second kappa shape index (κ2) is 5.50. The van der Waals surface area contributed by atoms with Crippen LogP contribution in [0.1, 0.15) is 0 Å². The molecule has 2 aromatic carbocycles. The van der Waals surface area contributed by atoms with Gasteiger partial charge in [-0.2, -0.15) is 0 Å². The van der Waals surface area contributed by atoms with Gasteiger partial charge in [0.15, 0.2) is 0 Å². The number of hydrogen-bond donors (Lipinski definition) is 2. The molecule has 0 radical (unpaired) electrons. The summed E-state index contributed by atoms with van der Waals surface area (Å²) in [5.41, 5.74) is 9.01. The van der Waals surface area contributed by atoms with E-state index >= 15 is 0 Å². The highest BCUT2D eigenvalue weighted by Crippen LogP contribution is 2.31. The van der Waals surface area contributed by atoms with Crippen LogP contribution in [0.2, 0.25) is 5.02 Å². The molecule has 0 atom stereocenters. The number of anilines is 3. The van der Waals surface area contributed by atoms with E-state index in [0.29, 0.717) is 16.5 Å². The summed E-state index contributed by atoms with van der Waals surface area (Å²) in [4.78, 5) is 4.39. The Balaban J connectivity index is 2.06. The van der Waals surface area contributed by atoms with Crippen molar-refractivity contribution in [3.8, 4) is 5.75 Å². The lowest BCUT2D eigenvalue weighted by Crippen LogP contribution is -1.96. The Bertz CT molecular complexity index is 805. The van der Waals surface area contributed by atoms with Gasteiger partial charge in [-0.1, -0.05) is 11.6 Å². The van der Waals surface area contributed by atoms with Gasteiger partial charge in [0.1, 0.15) is 5.75 Å². The molecule has 0 saturated carbocycles. The van der Waals surface area contributed by atoms with Crippen molar-refractivity contribution in [3.63, 3.8) is 0 Å². The Morgan fingerprint density at radius 3 is 2.86 bits per heavy atom. The second-order valence-corrected chi connectivity index (χ2v) is 5.02. The largest absolute Gasteiger partial charge is 0.497 e. The minimum absolute atomic E-state index is 0.628. The van der Waals surface area contributed by atoms with Gasteiger partial charge in [0.05, 0.1) is 23.3 Å². The van der Waals surface area contributed by atoms with Crippen molar-refractivity contribution < 1.29 is 4.74 Å². The SMILES string of the molecule is COc1cc(N)cc(Nc2ccc(Cl)c3cccnc23)c1. The Kier molecular flexibility index (Phi) is 3.54. The molecule has 3 aromatic rings. The summed E-state index contributed by atoms with van der Waals surface area (Å²) in [6.45, 7) is 0. The third-order valence-electron chi connectivity index (χ3n) is 3.16. The highest BCUT2D eigenvalue weighted by molar-refractivity contribution is 6.35. The standard InChI is InChI=1S/C16H14ClN3O/c1-21-12-8-10(18)7-11(9-12)20-15-5-4-14(17)13-3-2-6-19-16(13)15/h2-9,20H,18H2,1H3. The molecule has 4 nitrogen and oxygen atoms in total. The summed E-state index contributed by atoms with van der Waals surface area (Å²) in [5.74, 6) is 0.698. The van der Waals surface area contributed by atoms with Crippen LogP contribution in [-0.2, 0) is 0 Å². The van der Waals surface area contributed by atoms with Gasteiger partial charge in [0.25, 0.3) is 0 Å². The predicted octanol–water partition coefficient (Wildman–Crippen LogP) is 4.22. The van der Waals surface area contributed by atoms with Gasteiger partial charge in [0, 0.05) is 35.1 Å². The Hall–Kier alpha value is -2.46. The second-order valence-electron chi connectivity index (χ2n) is 4.61. The van der Waals surface area contributed by atoms with Crippen molar-refractivity contribution in [2.24, 2.45) is 0 Å². The fraction of sp³-hybridized carbons (Fsp3) is 0.0625. The van der Waals surface area contributed by atoms with Gasteiger partial charge in [-0.25, -0.2) is 0 Å². The maximum atomic E-state index is 6.20. The van der Waals surface area contributed by atoms with Crippen molar-refractivity contribution >= 4 is 39.6 Å². The number of nitrogens with one attached hydrogen (secondary N) is 1. The van der Waals surface area contributed by atoms with E-state index in [4.69, 9.17) is 22.1 Å². The monoisotopic (exact) mass is 299 g/mol. The maximum Gasteiger partial charge on any atom is 0.122 e. The van der Waals surface area contributed by atoms with Crippen LogP contribution in [0.4, 0.5) is 17.1 Å². The van der Waals surface area contributed by atoms with Crippen molar-refractivity contribution in [2.45, 2.75) is 0 Å². The number of halogens is 1. The molecule has 0 bridgehead atoms. The van der Waals surface area contributed by atoms with E-state index in [-0.39, 0.29) is 0 Å². The average Bonchev–Trinajstić information content (AvgIpc) is 2.50. The van der Waals surface area contributed by atoms with E-state index in [1.165, 1.54) is 0 Å². The third kappa shape index (κ3) is 2.71. The zero-order valence-corrected chi connectivity index (χ0v) is 12.2. The molecule has 0 saturated heterocycles. The molecule has 5 heteroatoms. The van der Waals surface area contributed by atoms with Crippen LogP contribution in [0.15, 0.2) is 48.7 Å². The Labute approximate surface area is 127 Å². The third-order valence-corrected chi connectivity index (χ3v) is 3.49. The molecule has 0 spiro atoms. The number of nitrogens with zero attached hydrogens (tertiary/aromatic N) is 1. The molecule has 1 aromatic heterocycles. The van der Waals surface area contributed by atoms with Crippen LogP contribution in [0, 0.1) is 0 Å².